The third kappa shape index (κ3) is 0.876. The zero-order valence-corrected chi connectivity index (χ0v) is 7.52. The van der Waals surface area contributed by atoms with Gasteiger partial charge in [0.25, 0.3) is 0 Å². The van der Waals surface area contributed by atoms with Crippen molar-refractivity contribution in [1.29, 1.82) is 0 Å². The number of aryl methyl sites for hydroxylation is 1. The molecule has 1 aromatic rings. The van der Waals surface area contributed by atoms with Crippen molar-refractivity contribution in [2.24, 2.45) is 0 Å². The molecule has 63 valence electrons. The van der Waals surface area contributed by atoms with Gasteiger partial charge in [-0.1, -0.05) is 0 Å². The summed E-state index contributed by atoms with van der Waals surface area (Å²) in [6.45, 7) is 0. The van der Waals surface area contributed by atoms with Crippen LogP contribution in [-0.2, 0) is 12.8 Å². The van der Waals surface area contributed by atoms with Crippen molar-refractivity contribution in [2.45, 2.75) is 12.8 Å². The number of hydrogen-bond donors (Lipinski definition) is 1. The Hall–Kier alpha value is -1.18. The summed E-state index contributed by atoms with van der Waals surface area (Å²) in [5.74, 6) is 0. The molecule has 2 N–H and O–H groups in total. The molecule has 2 bridgehead atoms. The predicted octanol–water partition coefficient (Wildman–Crippen LogP) is 1.23. The molecule has 0 unspecified atom stereocenters. The molecule has 0 spiro atoms. The topological polar surface area (TPSA) is 29.3 Å². The van der Waals surface area contributed by atoms with Crippen LogP contribution in [-0.4, -0.2) is 14.1 Å². The lowest BCUT2D eigenvalue weighted by Gasteiger charge is -2.16. The van der Waals surface area contributed by atoms with Crippen LogP contribution in [0.3, 0.4) is 0 Å². The lowest BCUT2D eigenvalue weighted by Crippen LogP contribution is -2.11. The Bertz CT molecular complexity index is 316. The van der Waals surface area contributed by atoms with Crippen molar-refractivity contribution in [3.05, 3.63) is 23.3 Å². The van der Waals surface area contributed by atoms with Crippen LogP contribution in [0, 0.1) is 6.07 Å². The fraction of sp³-hybridized carbons (Fsp3) is 0.400. The van der Waals surface area contributed by atoms with Crippen molar-refractivity contribution in [2.75, 3.05) is 24.7 Å². The van der Waals surface area contributed by atoms with Gasteiger partial charge in [-0.3, -0.25) is 0 Å². The van der Waals surface area contributed by atoms with Gasteiger partial charge in [-0.05, 0) is 36.1 Å². The van der Waals surface area contributed by atoms with Gasteiger partial charge in [-0.15, -0.1) is 0 Å². The SMILES string of the molecule is CN(C)c1c2[c]cc(N)c1CC2. The van der Waals surface area contributed by atoms with Gasteiger partial charge in [0.1, 0.15) is 0 Å². The van der Waals surface area contributed by atoms with Crippen LogP contribution in [0.15, 0.2) is 6.07 Å². The van der Waals surface area contributed by atoms with Gasteiger partial charge in [-0.2, -0.15) is 0 Å². The molecular weight excluding hydrogens is 148 g/mol. The van der Waals surface area contributed by atoms with E-state index in [9.17, 15) is 0 Å². The van der Waals surface area contributed by atoms with Crippen molar-refractivity contribution < 1.29 is 0 Å². The number of benzene rings is 1. The van der Waals surface area contributed by atoms with Crippen molar-refractivity contribution >= 4 is 11.4 Å². The summed E-state index contributed by atoms with van der Waals surface area (Å²) in [5.41, 5.74) is 10.6. The van der Waals surface area contributed by atoms with Gasteiger partial charge in [0.15, 0.2) is 0 Å². The number of nitrogens with zero attached hydrogens (tertiary/aromatic N) is 1. The molecule has 0 aliphatic heterocycles. The highest BCUT2D eigenvalue weighted by atomic mass is 15.1. The first kappa shape index (κ1) is 7.47. The van der Waals surface area contributed by atoms with E-state index in [1.54, 1.807) is 0 Å². The van der Waals surface area contributed by atoms with Crippen LogP contribution in [0.5, 0.6) is 0 Å². The zero-order chi connectivity index (χ0) is 8.72. The summed E-state index contributed by atoms with van der Waals surface area (Å²) in [6, 6.07) is 5.12. The van der Waals surface area contributed by atoms with E-state index >= 15 is 0 Å². The van der Waals surface area contributed by atoms with Crippen LogP contribution < -0.4 is 10.6 Å². The standard InChI is InChI=1S/C10H13N2/c1-12(2)10-7-3-5-8(10)9(11)6-4-7/h6H,3,5,11H2,1-2H3. The summed E-state index contributed by atoms with van der Waals surface area (Å²) >= 11 is 0. The van der Waals surface area contributed by atoms with E-state index in [0.29, 0.717) is 0 Å². The molecule has 0 aromatic heterocycles. The van der Waals surface area contributed by atoms with Crippen LogP contribution in [0.25, 0.3) is 0 Å². The third-order valence-corrected chi connectivity index (χ3v) is 2.39. The highest BCUT2D eigenvalue weighted by molar-refractivity contribution is 5.71. The van der Waals surface area contributed by atoms with Crippen LogP contribution >= 0.6 is 0 Å². The largest absolute Gasteiger partial charge is 0.398 e. The van der Waals surface area contributed by atoms with E-state index in [1.807, 2.05) is 6.07 Å². The van der Waals surface area contributed by atoms with E-state index in [0.717, 1.165) is 18.5 Å². The molecule has 0 saturated carbocycles. The Morgan fingerprint density at radius 1 is 1.42 bits per heavy atom. The fourth-order valence-electron chi connectivity index (χ4n) is 1.88. The molecule has 0 amide bonds. The summed E-state index contributed by atoms with van der Waals surface area (Å²) in [6.07, 6.45) is 2.18. The predicted molar refractivity (Wildman–Crippen MR) is 51.4 cm³/mol. The Morgan fingerprint density at radius 2 is 2.17 bits per heavy atom. The maximum Gasteiger partial charge on any atom is 0.0453 e. The van der Waals surface area contributed by atoms with Gasteiger partial charge >= 0.3 is 0 Å². The van der Waals surface area contributed by atoms with E-state index in [1.165, 1.54) is 16.8 Å². The fourth-order valence-corrected chi connectivity index (χ4v) is 1.88. The van der Waals surface area contributed by atoms with Gasteiger partial charge in [0.05, 0.1) is 0 Å². The van der Waals surface area contributed by atoms with Crippen molar-refractivity contribution in [1.82, 2.24) is 0 Å². The Morgan fingerprint density at radius 3 is 2.75 bits per heavy atom. The molecule has 0 fully saturated rings. The highest BCUT2D eigenvalue weighted by Crippen LogP contribution is 2.35. The summed E-state index contributed by atoms with van der Waals surface area (Å²) in [7, 11) is 4.11. The van der Waals surface area contributed by atoms with E-state index < -0.39 is 0 Å². The first-order valence-electron chi connectivity index (χ1n) is 4.19. The van der Waals surface area contributed by atoms with Crippen LogP contribution in [0.4, 0.5) is 11.4 Å². The van der Waals surface area contributed by atoms with Gasteiger partial charge in [0.2, 0.25) is 0 Å². The van der Waals surface area contributed by atoms with Crippen molar-refractivity contribution in [3.8, 4) is 0 Å². The molecule has 2 rings (SSSR count). The van der Waals surface area contributed by atoms with E-state index in [4.69, 9.17) is 5.73 Å². The normalized spacial score (nSPS) is 13.5. The summed E-state index contributed by atoms with van der Waals surface area (Å²) in [5, 5.41) is 0. The minimum Gasteiger partial charge on any atom is -0.398 e. The molecule has 2 nitrogen and oxygen atoms in total. The van der Waals surface area contributed by atoms with E-state index in [-0.39, 0.29) is 0 Å². The average molecular weight is 161 g/mol. The molecule has 1 aliphatic carbocycles. The van der Waals surface area contributed by atoms with Crippen molar-refractivity contribution in [3.63, 3.8) is 0 Å². The molecule has 0 saturated heterocycles. The second-order valence-electron chi connectivity index (χ2n) is 3.44. The lowest BCUT2D eigenvalue weighted by molar-refractivity contribution is 1.03. The monoisotopic (exact) mass is 161 g/mol. The smallest absolute Gasteiger partial charge is 0.0453 e. The summed E-state index contributed by atoms with van der Waals surface area (Å²) < 4.78 is 0. The van der Waals surface area contributed by atoms with Gasteiger partial charge in [0, 0.05) is 25.5 Å². The number of anilines is 2. The molecule has 0 atom stereocenters. The maximum absolute atomic E-state index is 5.85. The Kier molecular flexibility index (Phi) is 1.50. The minimum absolute atomic E-state index is 0.889. The maximum atomic E-state index is 5.85. The van der Waals surface area contributed by atoms with Crippen LogP contribution in [0.1, 0.15) is 11.1 Å². The highest BCUT2D eigenvalue weighted by Gasteiger charge is 2.19. The first-order chi connectivity index (χ1) is 5.70. The number of rotatable bonds is 1. The number of nitrogen functional groups attached to an aromatic ring is 1. The minimum atomic E-state index is 0.889. The quantitative estimate of drug-likeness (QED) is 0.628. The molecular formula is C10H13N2. The van der Waals surface area contributed by atoms with E-state index in [2.05, 4.69) is 25.1 Å². The first-order valence-corrected chi connectivity index (χ1v) is 4.19. The second-order valence-corrected chi connectivity index (χ2v) is 3.44. The van der Waals surface area contributed by atoms with Gasteiger partial charge in [-0.25, -0.2) is 0 Å². The number of nitrogens with two attached hydrogens (primary N) is 1. The average Bonchev–Trinajstić information content (AvgIpc) is 2.35. The number of hydrogen-bond acceptors (Lipinski definition) is 2. The molecule has 1 aromatic carbocycles. The third-order valence-electron chi connectivity index (χ3n) is 2.39. The molecule has 1 aliphatic rings. The molecule has 2 heteroatoms. The Labute approximate surface area is 73.0 Å². The lowest BCUT2D eigenvalue weighted by atomic mass is 10.1. The molecule has 0 heterocycles. The molecule has 1 radical (unpaired) electrons. The Balaban J connectivity index is 2.62. The van der Waals surface area contributed by atoms with Crippen LogP contribution in [0.2, 0.25) is 0 Å². The number of fused-ring (bicyclic) bond motifs is 2. The zero-order valence-electron chi connectivity index (χ0n) is 7.52. The van der Waals surface area contributed by atoms with Gasteiger partial charge < -0.3 is 10.6 Å². The summed E-state index contributed by atoms with van der Waals surface area (Å²) in [4.78, 5) is 2.13. The second kappa shape index (κ2) is 2.41. The molecule has 12 heavy (non-hydrogen) atoms.